The van der Waals surface area contributed by atoms with Crippen LogP contribution in [0.3, 0.4) is 0 Å². The Balaban J connectivity index is 1.93. The van der Waals surface area contributed by atoms with Crippen molar-refractivity contribution in [1.29, 1.82) is 0 Å². The number of benzene rings is 1. The molecule has 0 amide bonds. The standard InChI is InChI=1S/C12H11N5S/c13-12-15-9(7-18-12)6-11-16-14-8-17(11)10-4-2-1-3-5-10/h1-5,7-8H,6H2,(H2,13,15). The summed E-state index contributed by atoms with van der Waals surface area (Å²) in [6, 6.07) is 9.99. The van der Waals surface area contributed by atoms with Crippen LogP contribution in [-0.2, 0) is 6.42 Å². The number of hydrogen-bond acceptors (Lipinski definition) is 5. The first-order chi connectivity index (χ1) is 8.83. The summed E-state index contributed by atoms with van der Waals surface area (Å²) in [5.41, 5.74) is 7.58. The molecule has 0 saturated heterocycles. The van der Waals surface area contributed by atoms with Gasteiger partial charge in [-0.05, 0) is 12.1 Å². The molecule has 5 nitrogen and oxygen atoms in total. The van der Waals surface area contributed by atoms with Gasteiger partial charge in [0.2, 0.25) is 0 Å². The molecule has 0 atom stereocenters. The van der Waals surface area contributed by atoms with Crippen LogP contribution in [0.4, 0.5) is 5.13 Å². The highest BCUT2D eigenvalue weighted by Crippen LogP contribution is 2.16. The second-order valence-electron chi connectivity index (χ2n) is 3.81. The number of nitrogens with zero attached hydrogens (tertiary/aromatic N) is 4. The van der Waals surface area contributed by atoms with E-state index in [2.05, 4.69) is 15.2 Å². The molecule has 2 N–H and O–H groups in total. The Kier molecular flexibility index (Phi) is 2.77. The van der Waals surface area contributed by atoms with Crippen molar-refractivity contribution in [3.8, 4) is 5.69 Å². The fraction of sp³-hybridized carbons (Fsp3) is 0.0833. The highest BCUT2D eigenvalue weighted by molar-refractivity contribution is 7.13. The van der Waals surface area contributed by atoms with Crippen LogP contribution in [0.25, 0.3) is 5.69 Å². The van der Waals surface area contributed by atoms with Gasteiger partial charge in [0.1, 0.15) is 12.2 Å². The van der Waals surface area contributed by atoms with E-state index in [4.69, 9.17) is 5.73 Å². The van der Waals surface area contributed by atoms with Crippen molar-refractivity contribution in [2.75, 3.05) is 5.73 Å². The molecule has 0 fully saturated rings. The minimum atomic E-state index is 0.579. The summed E-state index contributed by atoms with van der Waals surface area (Å²) < 4.78 is 1.95. The average molecular weight is 257 g/mol. The van der Waals surface area contributed by atoms with E-state index in [1.165, 1.54) is 11.3 Å². The molecule has 0 aliphatic carbocycles. The third-order valence-electron chi connectivity index (χ3n) is 2.56. The Morgan fingerprint density at radius 2 is 2.06 bits per heavy atom. The SMILES string of the molecule is Nc1nc(Cc2nncn2-c2ccccc2)cs1. The van der Waals surface area contributed by atoms with Crippen LogP contribution in [0.2, 0.25) is 0 Å². The number of aromatic nitrogens is 4. The molecule has 90 valence electrons. The third-order valence-corrected chi connectivity index (χ3v) is 3.28. The summed E-state index contributed by atoms with van der Waals surface area (Å²) in [6.45, 7) is 0. The van der Waals surface area contributed by atoms with Crippen molar-refractivity contribution in [2.24, 2.45) is 0 Å². The first-order valence-electron chi connectivity index (χ1n) is 5.47. The predicted octanol–water partition coefficient (Wildman–Crippen LogP) is 1.90. The Morgan fingerprint density at radius 3 is 2.78 bits per heavy atom. The number of para-hydroxylation sites is 1. The highest BCUT2D eigenvalue weighted by atomic mass is 32.1. The van der Waals surface area contributed by atoms with Gasteiger partial charge in [0, 0.05) is 11.1 Å². The summed E-state index contributed by atoms with van der Waals surface area (Å²) in [4.78, 5) is 4.24. The van der Waals surface area contributed by atoms with Gasteiger partial charge in [0.05, 0.1) is 12.1 Å². The predicted molar refractivity (Wildman–Crippen MR) is 70.7 cm³/mol. The van der Waals surface area contributed by atoms with E-state index < -0.39 is 0 Å². The largest absolute Gasteiger partial charge is 0.375 e. The number of hydrogen-bond donors (Lipinski definition) is 1. The summed E-state index contributed by atoms with van der Waals surface area (Å²) in [6.07, 6.45) is 2.34. The lowest BCUT2D eigenvalue weighted by molar-refractivity contribution is 0.891. The van der Waals surface area contributed by atoms with Crippen molar-refractivity contribution < 1.29 is 0 Å². The molecule has 2 aromatic heterocycles. The summed E-state index contributed by atoms with van der Waals surface area (Å²) in [5.74, 6) is 0.853. The van der Waals surface area contributed by atoms with Crippen LogP contribution in [0.5, 0.6) is 0 Å². The van der Waals surface area contributed by atoms with Crippen LogP contribution in [0, 0.1) is 0 Å². The molecule has 18 heavy (non-hydrogen) atoms. The summed E-state index contributed by atoms with van der Waals surface area (Å²) >= 11 is 1.44. The lowest BCUT2D eigenvalue weighted by Gasteiger charge is -2.04. The van der Waals surface area contributed by atoms with E-state index >= 15 is 0 Å². The van der Waals surface area contributed by atoms with Crippen LogP contribution in [-0.4, -0.2) is 19.7 Å². The van der Waals surface area contributed by atoms with E-state index in [9.17, 15) is 0 Å². The minimum Gasteiger partial charge on any atom is -0.375 e. The van der Waals surface area contributed by atoms with Crippen molar-refractivity contribution in [1.82, 2.24) is 19.7 Å². The molecule has 0 unspecified atom stereocenters. The zero-order chi connectivity index (χ0) is 12.4. The summed E-state index contributed by atoms with van der Waals surface area (Å²) in [5, 5.41) is 10.6. The Bertz CT molecular complexity index is 643. The van der Waals surface area contributed by atoms with Crippen LogP contribution >= 0.6 is 11.3 Å². The molecule has 0 saturated carbocycles. The highest BCUT2D eigenvalue weighted by Gasteiger charge is 2.09. The van der Waals surface area contributed by atoms with Crippen molar-refractivity contribution >= 4 is 16.5 Å². The fourth-order valence-corrected chi connectivity index (χ4v) is 2.31. The Morgan fingerprint density at radius 1 is 1.22 bits per heavy atom. The van der Waals surface area contributed by atoms with E-state index in [1.807, 2.05) is 40.3 Å². The molecular weight excluding hydrogens is 246 g/mol. The van der Waals surface area contributed by atoms with Crippen LogP contribution in [0.15, 0.2) is 42.0 Å². The van der Waals surface area contributed by atoms with Gasteiger partial charge in [-0.1, -0.05) is 18.2 Å². The number of thiazole rings is 1. The lowest BCUT2D eigenvalue weighted by Crippen LogP contribution is -2.01. The first-order valence-corrected chi connectivity index (χ1v) is 6.35. The normalized spacial score (nSPS) is 10.7. The van der Waals surface area contributed by atoms with Crippen LogP contribution < -0.4 is 5.73 Å². The van der Waals surface area contributed by atoms with Crippen molar-refractivity contribution in [2.45, 2.75) is 6.42 Å². The number of nitrogen functional groups attached to an aromatic ring is 1. The smallest absolute Gasteiger partial charge is 0.180 e. The molecule has 6 heteroatoms. The van der Waals surface area contributed by atoms with Gasteiger partial charge in [-0.15, -0.1) is 21.5 Å². The monoisotopic (exact) mass is 257 g/mol. The summed E-state index contributed by atoms with van der Waals surface area (Å²) in [7, 11) is 0. The average Bonchev–Trinajstić information content (AvgIpc) is 3.00. The molecule has 3 aromatic rings. The maximum Gasteiger partial charge on any atom is 0.180 e. The van der Waals surface area contributed by atoms with E-state index in [0.717, 1.165) is 17.2 Å². The van der Waals surface area contributed by atoms with Crippen molar-refractivity contribution in [3.05, 3.63) is 53.6 Å². The van der Waals surface area contributed by atoms with Gasteiger partial charge in [-0.2, -0.15) is 0 Å². The number of rotatable bonds is 3. The molecule has 0 bridgehead atoms. The number of anilines is 1. The van der Waals surface area contributed by atoms with E-state index in [-0.39, 0.29) is 0 Å². The molecular formula is C12H11N5S. The lowest BCUT2D eigenvalue weighted by atomic mass is 10.3. The zero-order valence-electron chi connectivity index (χ0n) is 9.52. The molecule has 3 rings (SSSR count). The van der Waals surface area contributed by atoms with Gasteiger partial charge in [0.25, 0.3) is 0 Å². The maximum absolute atomic E-state index is 5.62. The van der Waals surface area contributed by atoms with Gasteiger partial charge in [-0.3, -0.25) is 4.57 Å². The molecule has 0 aliphatic heterocycles. The van der Waals surface area contributed by atoms with E-state index in [1.54, 1.807) is 6.33 Å². The molecule has 0 aliphatic rings. The molecule has 0 radical (unpaired) electrons. The van der Waals surface area contributed by atoms with Gasteiger partial charge < -0.3 is 5.73 Å². The fourth-order valence-electron chi connectivity index (χ4n) is 1.75. The Hall–Kier alpha value is -2.21. The topological polar surface area (TPSA) is 69.6 Å². The molecule has 0 spiro atoms. The second-order valence-corrected chi connectivity index (χ2v) is 4.70. The van der Waals surface area contributed by atoms with Gasteiger partial charge in [0.15, 0.2) is 5.13 Å². The first kappa shape index (κ1) is 10.9. The van der Waals surface area contributed by atoms with Crippen LogP contribution in [0.1, 0.15) is 11.5 Å². The van der Waals surface area contributed by atoms with E-state index in [0.29, 0.717) is 11.6 Å². The molecule has 2 heterocycles. The zero-order valence-corrected chi connectivity index (χ0v) is 10.3. The van der Waals surface area contributed by atoms with Gasteiger partial charge in [-0.25, -0.2) is 4.98 Å². The molecule has 1 aromatic carbocycles. The van der Waals surface area contributed by atoms with Crippen molar-refractivity contribution in [3.63, 3.8) is 0 Å². The second kappa shape index (κ2) is 4.58. The number of nitrogens with two attached hydrogens (primary N) is 1. The Labute approximate surface area is 108 Å². The quantitative estimate of drug-likeness (QED) is 0.778. The minimum absolute atomic E-state index is 0.579. The van der Waals surface area contributed by atoms with Gasteiger partial charge >= 0.3 is 0 Å². The maximum atomic E-state index is 5.62. The third kappa shape index (κ3) is 2.10.